The number of benzene rings is 2. The Labute approximate surface area is 168 Å². The lowest BCUT2D eigenvalue weighted by Crippen LogP contribution is -2.38. The smallest absolute Gasteiger partial charge is 0.227 e. The highest BCUT2D eigenvalue weighted by atomic mass is 32.2. The highest BCUT2D eigenvalue weighted by Crippen LogP contribution is 2.21. The number of nitrogens with zero attached hydrogens (tertiary/aromatic N) is 2. The van der Waals surface area contributed by atoms with Gasteiger partial charge in [-0.1, -0.05) is 30.3 Å². The summed E-state index contributed by atoms with van der Waals surface area (Å²) < 4.78 is 12.2. The van der Waals surface area contributed by atoms with Crippen molar-refractivity contribution >= 4 is 28.4 Å². The van der Waals surface area contributed by atoms with Crippen LogP contribution < -0.4 is 15.5 Å². The topological polar surface area (TPSA) is 73.8 Å². The molecule has 1 saturated heterocycles. The standard InChI is InChI=1S/C21H26N4O2S/c1-22-21(23-13-15-28(27)19-6-3-2-4-7-19)24-16-17-9-11-18(12-10-17)25-14-5-8-20(25)26/h2-4,6-7,9-12H,5,8,13-16H2,1H3,(H2,22,23,24). The van der Waals surface area contributed by atoms with Gasteiger partial charge in [0.25, 0.3) is 0 Å². The third-order valence-corrected chi connectivity index (χ3v) is 5.96. The molecule has 0 aliphatic carbocycles. The number of anilines is 1. The van der Waals surface area contributed by atoms with Crippen LogP contribution in [-0.2, 0) is 22.1 Å². The van der Waals surface area contributed by atoms with Crippen molar-refractivity contribution in [1.29, 1.82) is 0 Å². The van der Waals surface area contributed by atoms with E-state index in [1.807, 2.05) is 59.5 Å². The van der Waals surface area contributed by atoms with E-state index < -0.39 is 10.8 Å². The fourth-order valence-corrected chi connectivity index (χ4v) is 4.06. The van der Waals surface area contributed by atoms with Crippen LogP contribution in [0.4, 0.5) is 5.69 Å². The Balaban J connectivity index is 1.44. The number of nitrogens with one attached hydrogen (secondary N) is 2. The van der Waals surface area contributed by atoms with Crippen molar-refractivity contribution in [3.63, 3.8) is 0 Å². The summed E-state index contributed by atoms with van der Waals surface area (Å²) in [7, 11) is 0.688. The second-order valence-electron chi connectivity index (χ2n) is 6.53. The minimum absolute atomic E-state index is 0.198. The van der Waals surface area contributed by atoms with Crippen molar-refractivity contribution in [2.75, 3.05) is 30.8 Å². The Bertz CT molecular complexity index is 837. The summed E-state index contributed by atoms with van der Waals surface area (Å²) >= 11 is 0. The summed E-state index contributed by atoms with van der Waals surface area (Å²) in [5.74, 6) is 1.38. The summed E-state index contributed by atoms with van der Waals surface area (Å²) in [6.07, 6.45) is 1.57. The fourth-order valence-electron chi connectivity index (χ4n) is 3.07. The number of guanidine groups is 1. The SMILES string of the molecule is CN=C(NCCS(=O)c1ccccc1)NCc1ccc(N2CCCC2=O)cc1. The number of hydrogen-bond acceptors (Lipinski definition) is 3. The molecule has 1 fully saturated rings. The van der Waals surface area contributed by atoms with Gasteiger partial charge in [-0.05, 0) is 36.2 Å². The van der Waals surface area contributed by atoms with Crippen LogP contribution >= 0.6 is 0 Å². The lowest BCUT2D eigenvalue weighted by atomic mass is 10.2. The average molecular weight is 399 g/mol. The van der Waals surface area contributed by atoms with Crippen LogP contribution in [0.15, 0.2) is 64.5 Å². The van der Waals surface area contributed by atoms with Crippen LogP contribution in [0, 0.1) is 0 Å². The van der Waals surface area contributed by atoms with Gasteiger partial charge in [-0.25, -0.2) is 0 Å². The Kier molecular flexibility index (Phi) is 7.19. The third-order valence-electron chi connectivity index (χ3n) is 4.59. The van der Waals surface area contributed by atoms with Gasteiger partial charge in [0.2, 0.25) is 5.91 Å². The van der Waals surface area contributed by atoms with Gasteiger partial charge in [0.05, 0.1) is 10.8 Å². The molecule has 2 aromatic carbocycles. The number of carbonyl (C=O) groups is 1. The molecule has 1 amide bonds. The lowest BCUT2D eigenvalue weighted by molar-refractivity contribution is -0.117. The van der Waals surface area contributed by atoms with E-state index in [9.17, 15) is 9.00 Å². The number of amides is 1. The van der Waals surface area contributed by atoms with E-state index in [2.05, 4.69) is 15.6 Å². The van der Waals surface area contributed by atoms with E-state index in [0.717, 1.165) is 29.1 Å². The Morgan fingerprint density at radius 3 is 2.50 bits per heavy atom. The molecular formula is C21H26N4O2S. The number of carbonyl (C=O) groups excluding carboxylic acids is 1. The first kappa shape index (κ1) is 20.1. The fraction of sp³-hybridized carbons (Fsp3) is 0.333. The molecule has 2 N–H and O–H groups in total. The number of rotatable bonds is 7. The maximum absolute atomic E-state index is 12.2. The lowest BCUT2D eigenvalue weighted by Gasteiger charge is -2.16. The van der Waals surface area contributed by atoms with Crippen LogP contribution in [0.1, 0.15) is 18.4 Å². The van der Waals surface area contributed by atoms with Gasteiger partial charge in [0, 0.05) is 49.4 Å². The van der Waals surface area contributed by atoms with Crippen LogP contribution in [-0.4, -0.2) is 42.0 Å². The Morgan fingerprint density at radius 2 is 1.86 bits per heavy atom. The van der Waals surface area contributed by atoms with Gasteiger partial charge in [-0.15, -0.1) is 0 Å². The van der Waals surface area contributed by atoms with Crippen molar-refractivity contribution in [2.24, 2.45) is 4.99 Å². The van der Waals surface area contributed by atoms with E-state index in [-0.39, 0.29) is 5.91 Å². The monoisotopic (exact) mass is 398 g/mol. The van der Waals surface area contributed by atoms with Gasteiger partial charge in [0.15, 0.2) is 5.96 Å². The molecule has 28 heavy (non-hydrogen) atoms. The zero-order chi connectivity index (χ0) is 19.8. The van der Waals surface area contributed by atoms with Gasteiger partial charge in [-0.2, -0.15) is 0 Å². The summed E-state index contributed by atoms with van der Waals surface area (Å²) in [4.78, 5) is 18.7. The maximum atomic E-state index is 12.2. The molecule has 1 heterocycles. The second kappa shape index (κ2) is 10.0. The normalized spacial score (nSPS) is 15.5. The van der Waals surface area contributed by atoms with Crippen molar-refractivity contribution in [1.82, 2.24) is 10.6 Å². The predicted octanol–water partition coefficient (Wildman–Crippen LogP) is 2.29. The first-order valence-corrected chi connectivity index (χ1v) is 10.8. The molecule has 1 aliphatic rings. The molecule has 0 bridgehead atoms. The molecule has 7 heteroatoms. The largest absolute Gasteiger partial charge is 0.355 e. The van der Waals surface area contributed by atoms with Crippen LogP contribution in [0.25, 0.3) is 0 Å². The summed E-state index contributed by atoms with van der Waals surface area (Å²) in [5.41, 5.74) is 2.06. The summed E-state index contributed by atoms with van der Waals surface area (Å²) in [6.45, 7) is 1.99. The molecule has 1 unspecified atom stereocenters. The molecule has 148 valence electrons. The van der Waals surface area contributed by atoms with E-state index in [4.69, 9.17) is 0 Å². The molecule has 1 atom stereocenters. The Hall–Kier alpha value is -2.67. The molecule has 2 aromatic rings. The number of hydrogen-bond donors (Lipinski definition) is 2. The van der Waals surface area contributed by atoms with Crippen LogP contribution in [0.5, 0.6) is 0 Å². The molecular weight excluding hydrogens is 372 g/mol. The van der Waals surface area contributed by atoms with Gasteiger partial charge in [-0.3, -0.25) is 14.0 Å². The zero-order valence-corrected chi connectivity index (χ0v) is 16.9. The van der Waals surface area contributed by atoms with Crippen LogP contribution in [0.2, 0.25) is 0 Å². The van der Waals surface area contributed by atoms with Crippen molar-refractivity contribution in [2.45, 2.75) is 24.3 Å². The minimum Gasteiger partial charge on any atom is -0.355 e. The molecule has 0 spiro atoms. The van der Waals surface area contributed by atoms with Crippen LogP contribution in [0.3, 0.4) is 0 Å². The predicted molar refractivity (Wildman–Crippen MR) is 114 cm³/mol. The highest BCUT2D eigenvalue weighted by molar-refractivity contribution is 7.85. The maximum Gasteiger partial charge on any atom is 0.227 e. The molecule has 6 nitrogen and oxygen atoms in total. The molecule has 0 saturated carbocycles. The first-order valence-electron chi connectivity index (χ1n) is 9.44. The summed E-state index contributed by atoms with van der Waals surface area (Å²) in [5, 5.41) is 6.45. The first-order chi connectivity index (χ1) is 13.7. The quantitative estimate of drug-likeness (QED) is 0.554. The van der Waals surface area contributed by atoms with E-state index in [0.29, 0.717) is 31.2 Å². The van der Waals surface area contributed by atoms with Crippen molar-refractivity contribution < 1.29 is 9.00 Å². The zero-order valence-electron chi connectivity index (χ0n) is 16.1. The van der Waals surface area contributed by atoms with E-state index >= 15 is 0 Å². The van der Waals surface area contributed by atoms with Gasteiger partial charge < -0.3 is 15.5 Å². The number of aliphatic imine (C=N–C) groups is 1. The molecule has 0 aromatic heterocycles. The van der Waals surface area contributed by atoms with Gasteiger partial charge >= 0.3 is 0 Å². The summed E-state index contributed by atoms with van der Waals surface area (Å²) in [6, 6.07) is 17.5. The second-order valence-corrected chi connectivity index (χ2v) is 8.10. The molecule has 3 rings (SSSR count). The molecule has 0 radical (unpaired) electrons. The third kappa shape index (κ3) is 5.42. The molecule has 1 aliphatic heterocycles. The minimum atomic E-state index is -1.03. The van der Waals surface area contributed by atoms with E-state index in [1.165, 1.54) is 0 Å². The van der Waals surface area contributed by atoms with Gasteiger partial charge in [0.1, 0.15) is 0 Å². The van der Waals surface area contributed by atoms with E-state index in [1.54, 1.807) is 7.05 Å². The van der Waals surface area contributed by atoms with Crippen molar-refractivity contribution in [3.8, 4) is 0 Å². The van der Waals surface area contributed by atoms with Crippen molar-refractivity contribution in [3.05, 3.63) is 60.2 Å². The highest BCUT2D eigenvalue weighted by Gasteiger charge is 2.21. The average Bonchev–Trinajstić information content (AvgIpc) is 3.17. The Morgan fingerprint density at radius 1 is 1.11 bits per heavy atom.